The lowest BCUT2D eigenvalue weighted by Crippen LogP contribution is -2.41. The molecule has 2 aromatic rings. The Balaban J connectivity index is -0.000000233. The van der Waals surface area contributed by atoms with E-state index in [9.17, 15) is 52.6 Å². The van der Waals surface area contributed by atoms with Crippen LogP contribution in [0.2, 0.25) is 0 Å². The molecule has 0 saturated heterocycles. The van der Waals surface area contributed by atoms with Crippen LogP contribution in [-0.2, 0) is 74.9 Å². The summed E-state index contributed by atoms with van der Waals surface area (Å²) >= 11 is 4.01. The van der Waals surface area contributed by atoms with Gasteiger partial charge in [-0.05, 0) is 113 Å². The Labute approximate surface area is 495 Å². The predicted molar refractivity (Wildman–Crippen MR) is 303 cm³/mol. The normalized spacial score (nSPS) is 11.8. The molecule has 480 valence electrons. The highest BCUT2D eigenvalue weighted by atomic mass is 32.1. The first-order chi connectivity index (χ1) is 39.3. The summed E-state index contributed by atoms with van der Waals surface area (Å²) in [5.41, 5.74) is 13.6. The minimum atomic E-state index is -3.87. The first-order valence-electron chi connectivity index (χ1n) is 25.0. The maximum atomic E-state index is 11.8. The molecule has 0 aromatic heterocycles. The van der Waals surface area contributed by atoms with Crippen molar-refractivity contribution in [3.63, 3.8) is 0 Å². The van der Waals surface area contributed by atoms with Crippen molar-refractivity contribution in [2.75, 3.05) is 43.4 Å². The second kappa shape index (κ2) is 55.8. The molecule has 0 spiro atoms. The van der Waals surface area contributed by atoms with Crippen LogP contribution >= 0.6 is 20.0 Å². The highest BCUT2D eigenvalue weighted by Crippen LogP contribution is 2.44. The Morgan fingerprint density at radius 2 is 0.859 bits per heavy atom. The van der Waals surface area contributed by atoms with Crippen LogP contribution in [0.1, 0.15) is 104 Å². The van der Waals surface area contributed by atoms with Crippen LogP contribution in [0.15, 0.2) is 48.5 Å². The summed E-state index contributed by atoms with van der Waals surface area (Å²) in [6, 6.07) is 11.7. The summed E-state index contributed by atoms with van der Waals surface area (Å²) < 4.78 is 11.8. The van der Waals surface area contributed by atoms with E-state index >= 15 is 0 Å². The van der Waals surface area contributed by atoms with Crippen LogP contribution in [0.4, 0.5) is 20.1 Å². The number of rotatable bonds is 31. The maximum Gasteiger partial charge on any atom is 0.373 e. The van der Waals surface area contributed by atoms with Gasteiger partial charge in [0, 0.05) is 81.5 Å². The second-order valence-electron chi connectivity index (χ2n) is 17.4. The number of phenolic OH excluding ortho intramolecular Hbond substituents is 1. The maximum absolute atomic E-state index is 11.8. The SMILES string of the molecule is C.C[C@H](CCC(=O)O)NC(=O)NCCCS.C[C@H](CCC(=O)O)NC(=O)NCCc1ccc(N)cc1.C[C@H](CCC(=O)O)NC(=O)NCCc1ccc(O)cc1.NC(CCP(=O)(O)CC(CCC(=O)O)C(=O)O)C(=O)O.O=C=O.O=C=O.O=C=O. The van der Waals surface area contributed by atoms with E-state index in [0.717, 1.165) is 29.7 Å². The third-order valence-corrected chi connectivity index (χ3v) is 12.4. The van der Waals surface area contributed by atoms with Crippen LogP contribution in [0, 0.1) is 5.92 Å². The fourth-order valence-corrected chi connectivity index (χ4v) is 7.87. The summed E-state index contributed by atoms with van der Waals surface area (Å²) in [4.78, 5) is 155. The van der Waals surface area contributed by atoms with Crippen LogP contribution in [0.25, 0.3) is 0 Å². The van der Waals surface area contributed by atoms with Gasteiger partial charge in [-0.15, -0.1) is 0 Å². The molecule has 6 amide bonds. The van der Waals surface area contributed by atoms with Gasteiger partial charge in [-0.1, -0.05) is 31.7 Å². The molecule has 34 heteroatoms. The predicted octanol–water partition coefficient (Wildman–Crippen LogP) is 2.22. The van der Waals surface area contributed by atoms with E-state index in [1.165, 1.54) is 0 Å². The summed E-state index contributed by atoms with van der Waals surface area (Å²) in [6.45, 7) is 6.90. The van der Waals surface area contributed by atoms with Crippen molar-refractivity contribution in [3.8, 4) is 5.75 Å². The Morgan fingerprint density at radius 3 is 1.16 bits per heavy atom. The van der Waals surface area contributed by atoms with E-state index in [0.29, 0.717) is 51.0 Å². The van der Waals surface area contributed by atoms with Gasteiger partial charge in [0.05, 0.1) is 5.92 Å². The van der Waals surface area contributed by atoms with E-state index in [2.05, 4.69) is 44.5 Å². The fourth-order valence-electron chi connectivity index (χ4n) is 5.82. The highest BCUT2D eigenvalue weighted by molar-refractivity contribution is 7.80. The molecule has 2 aromatic carbocycles. The topological polar surface area (TPSA) is 559 Å². The first-order valence-corrected chi connectivity index (χ1v) is 27.7. The van der Waals surface area contributed by atoms with E-state index in [1.807, 2.05) is 24.3 Å². The molecule has 32 nitrogen and oxygen atoms in total. The van der Waals surface area contributed by atoms with Crippen molar-refractivity contribution in [1.82, 2.24) is 31.9 Å². The number of hydrogen-bond acceptors (Lipinski definition) is 20. The smallest absolute Gasteiger partial charge is 0.373 e. The molecular weight excluding hydrogens is 1170 g/mol. The van der Waals surface area contributed by atoms with E-state index in [4.69, 9.17) is 76.0 Å². The zero-order valence-corrected chi connectivity index (χ0v) is 48.2. The van der Waals surface area contributed by atoms with Crippen LogP contribution < -0.4 is 43.4 Å². The summed E-state index contributed by atoms with van der Waals surface area (Å²) in [5.74, 6) is -6.76. The van der Waals surface area contributed by atoms with Gasteiger partial charge in [0.1, 0.15) is 11.8 Å². The molecule has 0 fully saturated rings. The number of phenols is 1. The molecule has 6 atom stereocenters. The summed E-state index contributed by atoms with van der Waals surface area (Å²) in [5, 5.41) is 76.7. The lowest BCUT2D eigenvalue weighted by molar-refractivity contribution is -0.193. The number of urea groups is 3. The van der Waals surface area contributed by atoms with Crippen LogP contribution in [-0.4, -0.2) is 175 Å². The van der Waals surface area contributed by atoms with Gasteiger partial charge in [-0.3, -0.25) is 33.3 Å². The van der Waals surface area contributed by atoms with Gasteiger partial charge in [-0.2, -0.15) is 41.4 Å². The summed E-state index contributed by atoms with van der Waals surface area (Å²) in [6.07, 6.45) is 2.41. The number of carboxylic acids is 6. The Hall–Kier alpha value is -8.69. The largest absolute Gasteiger partial charge is 0.508 e. The number of benzene rings is 2. The molecule has 85 heavy (non-hydrogen) atoms. The summed E-state index contributed by atoms with van der Waals surface area (Å²) in [7, 11) is -3.87. The lowest BCUT2D eigenvalue weighted by atomic mass is 10.1. The number of carbonyl (C=O) groups is 9. The van der Waals surface area contributed by atoms with Gasteiger partial charge in [0.25, 0.3) is 0 Å². The van der Waals surface area contributed by atoms with Gasteiger partial charge in [0.15, 0.2) is 0 Å². The lowest BCUT2D eigenvalue weighted by Gasteiger charge is -2.17. The minimum absolute atomic E-state index is 0. The Morgan fingerprint density at radius 1 is 0.541 bits per heavy atom. The van der Waals surface area contributed by atoms with Gasteiger partial charge in [-0.25, -0.2) is 14.4 Å². The number of aliphatic carboxylic acids is 6. The van der Waals surface area contributed by atoms with Crippen molar-refractivity contribution < 1.29 is 117 Å². The van der Waals surface area contributed by atoms with Crippen LogP contribution in [0.3, 0.4) is 0 Å². The Bertz CT molecular complexity index is 2290. The number of anilines is 1. The second-order valence-corrected chi connectivity index (χ2v) is 20.3. The molecule has 0 aliphatic rings. The van der Waals surface area contributed by atoms with Gasteiger partial charge < -0.3 is 84.0 Å². The average molecular weight is 1250 g/mol. The third kappa shape index (κ3) is 64.3. The average Bonchev–Trinajstić information content (AvgIpc) is 3.47. The highest BCUT2D eigenvalue weighted by Gasteiger charge is 2.30. The number of thiol groups is 1. The van der Waals surface area contributed by atoms with E-state index < -0.39 is 73.9 Å². The monoisotopic (exact) mass is 1250 g/mol. The van der Waals surface area contributed by atoms with Gasteiger partial charge in [0.2, 0.25) is 7.37 Å². The third-order valence-electron chi connectivity index (χ3n) is 10.1. The number of carboxylic acid groups (broad SMARTS) is 6. The van der Waals surface area contributed by atoms with Crippen LogP contribution in [0.5, 0.6) is 5.75 Å². The zero-order chi connectivity index (χ0) is 65.6. The molecule has 3 unspecified atom stereocenters. The molecule has 0 aliphatic heterocycles. The zero-order valence-electron chi connectivity index (χ0n) is 46.4. The number of aromatic hydroxyl groups is 1. The van der Waals surface area contributed by atoms with E-state index in [1.54, 1.807) is 45.0 Å². The molecule has 0 bridgehead atoms. The van der Waals surface area contributed by atoms with Crippen molar-refractivity contribution in [2.45, 2.75) is 129 Å². The molecule has 0 radical (unpaired) electrons. The van der Waals surface area contributed by atoms with Crippen molar-refractivity contribution in [3.05, 3.63) is 59.7 Å². The molecule has 0 aliphatic carbocycles. The molecule has 18 N–H and O–H groups in total. The number of nitrogens with one attached hydrogen (secondary N) is 6. The molecule has 2 rings (SSSR count). The van der Waals surface area contributed by atoms with E-state index in [-0.39, 0.29) is 100.0 Å². The standard InChI is InChI=1S/C14H21N3O3.C14H20N2O4.C10H18NO8P.C9H18N2O3S.3CO2.CH4/c1-10(2-7-13(18)19)17-14(20)16-9-8-11-3-5-12(15)6-4-11;1-10(2-7-13(18)19)16-14(20)15-9-8-11-3-5-12(17)6-4-11;11-7(10(16)17)3-4-20(18,19)5-6(9(14)15)1-2-8(12)13;1-7(3-4-8(12)13)11-9(14)10-5-2-6-15;3*2-1-3;/h3-6,10H,2,7-9,15H2,1H3,(H,18,19)(H2,16,17,20);3-6,10,17H,2,7-9H2,1H3,(H,18,19)(H2,15,16,20);6-7H,1-5,11H2,(H,12,13)(H,14,15)(H,16,17)(H,18,19);7,15H,2-6H2,1H3,(H,12,13)(H2,10,11,14);;;;1H4/t2*10-;;7-;;;;/m11.1..../s1. The molecular formula is C51H81N8O24PS. The van der Waals surface area contributed by atoms with Crippen molar-refractivity contribution >= 4 is 98.0 Å². The molecule has 0 saturated carbocycles. The number of nitrogen functional groups attached to an aromatic ring is 1. The number of nitrogens with two attached hydrogens (primary N) is 2. The Kier molecular flexibility index (Phi) is 57.5. The molecule has 0 heterocycles. The van der Waals surface area contributed by atoms with Crippen molar-refractivity contribution in [1.29, 1.82) is 0 Å². The fraction of sp³-hybridized carbons (Fsp3) is 0.529. The first kappa shape index (κ1) is 87.5. The van der Waals surface area contributed by atoms with Crippen molar-refractivity contribution in [2.24, 2.45) is 11.7 Å². The number of amides is 6. The quantitative estimate of drug-likeness (QED) is 0.0223. The number of hydrogen-bond donors (Lipinski definition) is 17. The number of carbonyl (C=O) groups excluding carboxylic acids is 9. The van der Waals surface area contributed by atoms with Gasteiger partial charge >= 0.3 is 72.4 Å². The minimum Gasteiger partial charge on any atom is -0.508 e.